The molecule has 0 saturated heterocycles. The maximum absolute atomic E-state index is 11.5. The van der Waals surface area contributed by atoms with Gasteiger partial charge in [0.1, 0.15) is 5.75 Å². The molecule has 0 fully saturated rings. The fraction of sp³-hybridized carbons (Fsp3) is 0.231. The minimum Gasteiger partial charge on any atom is -0.465 e. The zero-order valence-corrected chi connectivity index (χ0v) is 13.3. The molecule has 0 spiro atoms. The monoisotopic (exact) mass is 331 g/mol. The maximum atomic E-state index is 11.5. The summed E-state index contributed by atoms with van der Waals surface area (Å²) in [6, 6.07) is 3.58. The average Bonchev–Trinajstić information content (AvgIpc) is 2.74. The number of ether oxygens (including phenoxy) is 2. The molecule has 0 unspecified atom stereocenters. The summed E-state index contributed by atoms with van der Waals surface area (Å²) < 4.78 is 10.3. The van der Waals surface area contributed by atoms with E-state index in [1.54, 1.807) is 12.1 Å². The predicted octanol–water partition coefficient (Wildman–Crippen LogP) is 4.65. The van der Waals surface area contributed by atoms with E-state index in [1.807, 2.05) is 13.8 Å². The average molecular weight is 332 g/mol. The number of aromatic nitrogens is 1. The van der Waals surface area contributed by atoms with Crippen LogP contribution in [0, 0.1) is 13.8 Å². The van der Waals surface area contributed by atoms with Gasteiger partial charge >= 0.3 is 5.97 Å². The molecule has 0 atom stereocenters. The lowest BCUT2D eigenvalue weighted by Gasteiger charge is -2.09. The van der Waals surface area contributed by atoms with Crippen LogP contribution >= 0.6 is 34.5 Å². The minimum atomic E-state index is -0.535. The molecule has 2 rings (SSSR count). The van der Waals surface area contributed by atoms with Crippen LogP contribution in [0.25, 0.3) is 0 Å². The number of carbonyl (C=O) groups excluding carboxylic acids is 1. The van der Waals surface area contributed by atoms with E-state index in [9.17, 15) is 4.79 Å². The molecule has 0 aliphatic heterocycles. The molecular formula is C13H11Cl2NO3S. The highest BCUT2D eigenvalue weighted by Crippen LogP contribution is 2.36. The number of esters is 1. The molecule has 106 valence electrons. The number of rotatable bonds is 3. The maximum Gasteiger partial charge on any atom is 0.351 e. The second-order valence-corrected chi connectivity index (χ2v) is 5.82. The van der Waals surface area contributed by atoms with Gasteiger partial charge in [0.25, 0.3) is 5.19 Å². The van der Waals surface area contributed by atoms with Crippen molar-refractivity contribution in [3.05, 3.63) is 38.3 Å². The molecule has 20 heavy (non-hydrogen) atoms. The highest BCUT2D eigenvalue weighted by molar-refractivity contribution is 7.15. The molecule has 4 nitrogen and oxygen atoms in total. The second-order valence-electron chi connectivity index (χ2n) is 4.06. The summed E-state index contributed by atoms with van der Waals surface area (Å²) in [4.78, 5) is 15.7. The van der Waals surface area contributed by atoms with Crippen molar-refractivity contribution in [3.8, 4) is 10.9 Å². The molecule has 1 aromatic carbocycles. The first-order valence-electron chi connectivity index (χ1n) is 5.61. The number of halogens is 2. The van der Waals surface area contributed by atoms with Gasteiger partial charge in [0, 0.05) is 5.02 Å². The highest BCUT2D eigenvalue weighted by Gasteiger charge is 2.19. The molecule has 1 heterocycles. The number of thiazole rings is 1. The second kappa shape index (κ2) is 5.99. The first-order chi connectivity index (χ1) is 9.42. The molecule has 0 aliphatic rings. The topological polar surface area (TPSA) is 48.4 Å². The van der Waals surface area contributed by atoms with Crippen LogP contribution in [0.15, 0.2) is 12.1 Å². The summed E-state index contributed by atoms with van der Waals surface area (Å²) in [5, 5.41) is 0.991. The van der Waals surface area contributed by atoms with Crippen molar-refractivity contribution in [3.63, 3.8) is 0 Å². The van der Waals surface area contributed by atoms with Crippen LogP contribution in [0.1, 0.15) is 20.8 Å². The van der Waals surface area contributed by atoms with Gasteiger partial charge in [-0.2, -0.15) is 4.98 Å². The van der Waals surface area contributed by atoms with Crippen molar-refractivity contribution >= 4 is 40.5 Å². The number of nitrogens with zero attached hydrogens (tertiary/aromatic N) is 1. The van der Waals surface area contributed by atoms with Gasteiger partial charge in [0.2, 0.25) is 0 Å². The molecule has 0 saturated carbocycles. The van der Waals surface area contributed by atoms with Crippen molar-refractivity contribution in [2.24, 2.45) is 0 Å². The van der Waals surface area contributed by atoms with Crippen molar-refractivity contribution in [1.82, 2.24) is 4.98 Å². The summed E-state index contributed by atoms with van der Waals surface area (Å²) in [5.41, 5.74) is 1.75. The Kier molecular flexibility index (Phi) is 4.52. The Labute approximate surface area is 130 Å². The largest absolute Gasteiger partial charge is 0.465 e. The van der Waals surface area contributed by atoms with Crippen LogP contribution in [0.5, 0.6) is 10.9 Å². The van der Waals surface area contributed by atoms with E-state index < -0.39 is 5.97 Å². The Bertz CT molecular complexity index is 647. The van der Waals surface area contributed by atoms with Gasteiger partial charge in [-0.25, -0.2) is 4.79 Å². The molecule has 0 radical (unpaired) electrons. The third-order valence-electron chi connectivity index (χ3n) is 2.55. The van der Waals surface area contributed by atoms with E-state index in [0.29, 0.717) is 10.8 Å². The summed E-state index contributed by atoms with van der Waals surface area (Å²) in [6.07, 6.45) is 0. The number of hydrogen-bond acceptors (Lipinski definition) is 5. The zero-order chi connectivity index (χ0) is 14.9. The van der Waals surface area contributed by atoms with Crippen molar-refractivity contribution in [1.29, 1.82) is 0 Å². The molecule has 0 amide bonds. The van der Waals surface area contributed by atoms with Gasteiger partial charge in [-0.15, -0.1) is 0 Å². The zero-order valence-electron chi connectivity index (χ0n) is 11.0. The molecule has 0 bridgehead atoms. The number of benzene rings is 1. The molecule has 0 N–H and O–H groups in total. The molecule has 2 aromatic rings. The molecule has 1 aromatic heterocycles. The lowest BCUT2D eigenvalue weighted by molar-refractivity contribution is 0.0606. The van der Waals surface area contributed by atoms with E-state index >= 15 is 0 Å². The lowest BCUT2D eigenvalue weighted by atomic mass is 10.1. The Morgan fingerprint density at radius 1 is 1.25 bits per heavy atom. The van der Waals surface area contributed by atoms with Gasteiger partial charge in [-0.1, -0.05) is 34.5 Å². The third-order valence-corrected chi connectivity index (χ3v) is 4.07. The standard InChI is InChI=1S/C13H11Cl2NO3S/c1-6-4-8(14)5-7(2)9(6)19-13-16-11(15)10(20-13)12(17)18-3/h4-5H,1-3H3. The first-order valence-corrected chi connectivity index (χ1v) is 7.19. The van der Waals surface area contributed by atoms with Gasteiger partial charge in [-0.3, -0.25) is 0 Å². The van der Waals surface area contributed by atoms with E-state index in [4.69, 9.17) is 27.9 Å². The summed E-state index contributed by atoms with van der Waals surface area (Å²) in [6.45, 7) is 3.76. The van der Waals surface area contributed by atoms with Gasteiger partial charge in [0.05, 0.1) is 7.11 Å². The Balaban J connectivity index is 2.34. The number of hydrogen-bond donors (Lipinski definition) is 0. The van der Waals surface area contributed by atoms with E-state index in [0.717, 1.165) is 22.5 Å². The number of methoxy groups -OCH3 is 1. The minimum absolute atomic E-state index is 0.0705. The normalized spacial score (nSPS) is 10.4. The Morgan fingerprint density at radius 3 is 2.40 bits per heavy atom. The van der Waals surface area contributed by atoms with Crippen molar-refractivity contribution < 1.29 is 14.3 Å². The van der Waals surface area contributed by atoms with Crippen molar-refractivity contribution in [2.75, 3.05) is 7.11 Å². The van der Waals surface area contributed by atoms with Crippen molar-refractivity contribution in [2.45, 2.75) is 13.8 Å². The smallest absolute Gasteiger partial charge is 0.351 e. The summed E-state index contributed by atoms with van der Waals surface area (Å²) in [7, 11) is 1.28. The van der Waals surface area contributed by atoms with Crippen LogP contribution in [-0.2, 0) is 4.74 Å². The molecular weight excluding hydrogens is 321 g/mol. The number of carbonyl (C=O) groups is 1. The summed E-state index contributed by atoms with van der Waals surface area (Å²) in [5.74, 6) is 0.114. The fourth-order valence-corrected chi connectivity index (χ4v) is 3.07. The number of aryl methyl sites for hydroxylation is 2. The first kappa shape index (κ1) is 15.1. The van der Waals surface area contributed by atoms with Crippen LogP contribution < -0.4 is 4.74 Å². The SMILES string of the molecule is COC(=O)c1sc(Oc2c(C)cc(Cl)cc2C)nc1Cl. The Hall–Kier alpha value is -1.30. The summed E-state index contributed by atoms with van der Waals surface area (Å²) >= 11 is 12.9. The van der Waals surface area contributed by atoms with E-state index in [1.165, 1.54) is 7.11 Å². The fourth-order valence-electron chi connectivity index (χ4n) is 1.69. The quantitative estimate of drug-likeness (QED) is 0.768. The van der Waals surface area contributed by atoms with Gasteiger partial charge in [0.15, 0.2) is 10.0 Å². The van der Waals surface area contributed by atoms with Crippen LogP contribution in [0.4, 0.5) is 0 Å². The predicted molar refractivity (Wildman–Crippen MR) is 79.5 cm³/mol. The van der Waals surface area contributed by atoms with Crippen LogP contribution in [0.2, 0.25) is 10.2 Å². The van der Waals surface area contributed by atoms with E-state index in [-0.39, 0.29) is 15.2 Å². The van der Waals surface area contributed by atoms with Crippen LogP contribution in [0.3, 0.4) is 0 Å². The van der Waals surface area contributed by atoms with Gasteiger partial charge < -0.3 is 9.47 Å². The van der Waals surface area contributed by atoms with E-state index in [2.05, 4.69) is 9.72 Å². The Morgan fingerprint density at radius 2 is 1.85 bits per heavy atom. The molecule has 0 aliphatic carbocycles. The lowest BCUT2D eigenvalue weighted by Crippen LogP contribution is -1.98. The third kappa shape index (κ3) is 3.06. The highest BCUT2D eigenvalue weighted by atomic mass is 35.5. The molecule has 7 heteroatoms. The van der Waals surface area contributed by atoms with Gasteiger partial charge in [-0.05, 0) is 37.1 Å². The van der Waals surface area contributed by atoms with Crippen LogP contribution in [-0.4, -0.2) is 18.1 Å².